The Labute approximate surface area is 372 Å². The maximum absolute atomic E-state index is 2.40. The Morgan fingerprint density at radius 1 is 0.339 bits per heavy atom. The van der Waals surface area contributed by atoms with Gasteiger partial charge in [0.05, 0.1) is 0 Å². The zero-order chi connectivity index (χ0) is 41.5. The quantitative estimate of drug-likeness (QED) is 0.113. The van der Waals surface area contributed by atoms with Gasteiger partial charge < -0.3 is 9.80 Å². The van der Waals surface area contributed by atoms with Crippen LogP contribution in [0, 0.1) is 0 Å². The van der Waals surface area contributed by atoms with E-state index in [-0.39, 0.29) is 0 Å². The molecule has 0 unspecified atom stereocenters. The summed E-state index contributed by atoms with van der Waals surface area (Å²) >= 11 is 3.72. The first-order valence-corrected chi connectivity index (χ1v) is 22.5. The number of para-hydroxylation sites is 4. The minimum Gasteiger partial charge on any atom is -0.311 e. The fraction of sp³-hybridized carbons (Fsp3) is 0. The Morgan fingerprint density at radius 2 is 0.742 bits per heavy atom. The summed E-state index contributed by atoms with van der Waals surface area (Å²) in [5.41, 5.74) is 13.9. The molecule has 0 aliphatic heterocycles. The summed E-state index contributed by atoms with van der Waals surface area (Å²) in [6.45, 7) is 0. The summed E-state index contributed by atoms with van der Waals surface area (Å²) in [5.74, 6) is 0. The van der Waals surface area contributed by atoms with E-state index in [4.69, 9.17) is 0 Å². The minimum atomic E-state index is 1.11. The molecule has 0 amide bonds. The van der Waals surface area contributed by atoms with Crippen LogP contribution in [0.25, 0.3) is 43.0 Å². The predicted octanol–water partition coefficient (Wildman–Crippen LogP) is 17.3. The van der Waals surface area contributed by atoms with E-state index in [0.29, 0.717) is 0 Å². The summed E-state index contributed by atoms with van der Waals surface area (Å²) in [7, 11) is 0. The van der Waals surface area contributed by atoms with Gasteiger partial charge in [-0.2, -0.15) is 0 Å². The Kier molecular flexibility index (Phi) is 11.2. The second-order valence-corrected chi connectivity index (χ2v) is 17.1. The molecule has 8 aromatic carbocycles. The van der Waals surface area contributed by atoms with Gasteiger partial charge >= 0.3 is 0 Å². The van der Waals surface area contributed by atoms with E-state index >= 15 is 0 Å². The normalized spacial score (nSPS) is 11.3. The first kappa shape index (κ1) is 38.7. The third-order valence-corrected chi connectivity index (χ3v) is 13.4. The summed E-state index contributed by atoms with van der Waals surface area (Å²) in [4.78, 5) is 9.61. The number of thiophene rings is 2. The van der Waals surface area contributed by atoms with Crippen molar-refractivity contribution < 1.29 is 0 Å². The molecule has 62 heavy (non-hydrogen) atoms. The molecule has 0 radical (unpaired) electrons. The van der Waals surface area contributed by atoms with Gasteiger partial charge in [0.2, 0.25) is 0 Å². The van der Waals surface area contributed by atoms with Crippen LogP contribution in [-0.2, 0) is 0 Å². The largest absolute Gasteiger partial charge is 0.311 e. The molecule has 0 atom stereocenters. The van der Waals surface area contributed by atoms with E-state index in [0.717, 1.165) is 34.1 Å². The second kappa shape index (κ2) is 18.0. The molecule has 0 bridgehead atoms. The first-order chi connectivity index (χ1) is 30.7. The van der Waals surface area contributed by atoms with Crippen LogP contribution in [-0.4, -0.2) is 0 Å². The van der Waals surface area contributed by atoms with Crippen LogP contribution in [0.4, 0.5) is 34.1 Å². The summed E-state index contributed by atoms with van der Waals surface area (Å²) < 4.78 is 0. The topological polar surface area (TPSA) is 6.48 Å². The lowest BCUT2D eigenvalue weighted by molar-refractivity contribution is 1.28. The molecule has 2 aromatic heterocycles. The highest BCUT2D eigenvalue weighted by atomic mass is 32.1. The van der Waals surface area contributed by atoms with E-state index < -0.39 is 0 Å². The Hall–Kier alpha value is -7.50. The van der Waals surface area contributed by atoms with Crippen LogP contribution in [0.5, 0.6) is 0 Å². The first-order valence-electron chi connectivity index (χ1n) is 20.8. The molecular formula is C58H42N2S2. The second-order valence-electron chi connectivity index (χ2n) is 15.0. The van der Waals surface area contributed by atoms with E-state index in [1.54, 1.807) is 0 Å². The number of hydrogen-bond acceptors (Lipinski definition) is 4. The molecule has 0 N–H and O–H groups in total. The molecule has 2 nitrogen and oxygen atoms in total. The van der Waals surface area contributed by atoms with Gasteiger partial charge in [0.15, 0.2) is 0 Å². The van der Waals surface area contributed by atoms with Crippen molar-refractivity contribution in [1.82, 2.24) is 0 Å². The monoisotopic (exact) mass is 830 g/mol. The van der Waals surface area contributed by atoms with Gasteiger partial charge in [0.1, 0.15) is 0 Å². The minimum absolute atomic E-state index is 1.11. The van der Waals surface area contributed by atoms with Crippen LogP contribution in [0.15, 0.2) is 249 Å². The van der Waals surface area contributed by atoms with Crippen molar-refractivity contribution in [1.29, 1.82) is 0 Å². The molecule has 0 aliphatic carbocycles. The third-order valence-electron chi connectivity index (χ3n) is 10.9. The standard InChI is InChI=1S/C58H42N2S2/c1-7-19-43(20-8-1)41-53(44-21-9-2-10-22-44)55-39-40-56(61-55)57-42-54(45-31-35-51(36-32-45)59(47-23-11-3-12-24-47)48-25-13-4-14-26-48)58(62-57)46-33-37-52(38-34-46)60(49-27-15-5-16-28-49)50-29-17-6-18-30-50/h1-42H/b53-41+. The van der Waals surface area contributed by atoms with Crippen molar-refractivity contribution in [2.75, 3.05) is 9.80 Å². The SMILES string of the molecule is C(=C(/c1ccccc1)c1ccc(-c2cc(-c3ccc(N(c4ccccc4)c4ccccc4)cc3)c(-c3ccc(N(c4ccccc4)c4ccccc4)cc3)s2)s1)/c1ccccc1. The fourth-order valence-electron chi connectivity index (χ4n) is 7.94. The van der Waals surface area contributed by atoms with E-state index in [1.165, 1.54) is 52.9 Å². The van der Waals surface area contributed by atoms with Crippen molar-refractivity contribution in [3.63, 3.8) is 0 Å². The number of nitrogens with zero attached hydrogens (tertiary/aromatic N) is 2. The number of hydrogen-bond donors (Lipinski definition) is 0. The lowest BCUT2D eigenvalue weighted by Gasteiger charge is -2.25. The van der Waals surface area contributed by atoms with E-state index in [9.17, 15) is 0 Å². The molecule has 2 heterocycles. The smallest absolute Gasteiger partial charge is 0.0462 e. The number of rotatable bonds is 12. The average molecular weight is 831 g/mol. The lowest BCUT2D eigenvalue weighted by Crippen LogP contribution is -2.09. The molecule has 4 heteroatoms. The van der Waals surface area contributed by atoms with Crippen LogP contribution in [0.2, 0.25) is 0 Å². The molecular weight excluding hydrogens is 789 g/mol. The van der Waals surface area contributed by atoms with Gasteiger partial charge in [-0.05, 0) is 125 Å². The molecule has 296 valence electrons. The zero-order valence-corrected chi connectivity index (χ0v) is 35.6. The lowest BCUT2D eigenvalue weighted by atomic mass is 10.0. The van der Waals surface area contributed by atoms with Crippen molar-refractivity contribution >= 4 is 68.4 Å². The molecule has 0 aliphatic rings. The number of anilines is 6. The summed E-state index contributed by atoms with van der Waals surface area (Å²) in [5, 5.41) is 0. The van der Waals surface area contributed by atoms with Gasteiger partial charge in [-0.25, -0.2) is 0 Å². The van der Waals surface area contributed by atoms with Gasteiger partial charge in [-0.3, -0.25) is 0 Å². The average Bonchev–Trinajstić information content (AvgIpc) is 4.03. The molecule has 0 saturated heterocycles. The third kappa shape index (κ3) is 8.30. The molecule has 10 aromatic rings. The molecule has 0 fully saturated rings. The van der Waals surface area contributed by atoms with Crippen LogP contribution in [0.1, 0.15) is 16.0 Å². The zero-order valence-electron chi connectivity index (χ0n) is 34.0. The van der Waals surface area contributed by atoms with Crippen LogP contribution in [0.3, 0.4) is 0 Å². The molecule has 10 rings (SSSR count). The molecule has 0 spiro atoms. The van der Waals surface area contributed by atoms with Gasteiger partial charge in [-0.1, -0.05) is 158 Å². The summed E-state index contributed by atoms with van der Waals surface area (Å²) in [6, 6.07) is 88.8. The highest BCUT2D eigenvalue weighted by Gasteiger charge is 2.20. The Bertz CT molecular complexity index is 2790. The van der Waals surface area contributed by atoms with Crippen LogP contribution < -0.4 is 9.80 Å². The van der Waals surface area contributed by atoms with Crippen molar-refractivity contribution in [3.05, 3.63) is 265 Å². The van der Waals surface area contributed by atoms with Gasteiger partial charge in [0, 0.05) is 59.2 Å². The summed E-state index contributed by atoms with van der Waals surface area (Å²) in [6.07, 6.45) is 2.31. The fourth-order valence-corrected chi connectivity index (χ4v) is 10.3. The Balaban J connectivity index is 1.07. The van der Waals surface area contributed by atoms with Crippen molar-refractivity contribution in [2.24, 2.45) is 0 Å². The van der Waals surface area contributed by atoms with Gasteiger partial charge in [-0.15, -0.1) is 22.7 Å². The van der Waals surface area contributed by atoms with Crippen molar-refractivity contribution in [2.45, 2.75) is 0 Å². The van der Waals surface area contributed by atoms with E-state index in [1.807, 2.05) is 22.7 Å². The highest BCUT2D eigenvalue weighted by molar-refractivity contribution is 7.24. The highest BCUT2D eigenvalue weighted by Crippen LogP contribution is 2.47. The van der Waals surface area contributed by atoms with Crippen LogP contribution >= 0.6 is 22.7 Å². The maximum atomic E-state index is 2.40. The number of benzene rings is 8. The predicted molar refractivity (Wildman–Crippen MR) is 268 cm³/mol. The van der Waals surface area contributed by atoms with E-state index in [2.05, 4.69) is 265 Å². The Morgan fingerprint density at radius 3 is 1.21 bits per heavy atom. The molecule has 0 saturated carbocycles. The maximum Gasteiger partial charge on any atom is 0.0462 e. The van der Waals surface area contributed by atoms with Gasteiger partial charge in [0.25, 0.3) is 0 Å². The van der Waals surface area contributed by atoms with Crippen molar-refractivity contribution in [3.8, 4) is 31.3 Å².